The second-order valence-corrected chi connectivity index (χ2v) is 4.26. The molecule has 0 unspecified atom stereocenters. The van der Waals surface area contributed by atoms with Gasteiger partial charge >= 0.3 is 5.97 Å². The molecule has 0 bridgehead atoms. The number of benzene rings is 1. The second-order valence-electron chi connectivity index (χ2n) is 4.26. The topological polar surface area (TPSA) is 61.1 Å². The van der Waals surface area contributed by atoms with Crippen LogP contribution in [0.5, 0.6) is 0 Å². The van der Waals surface area contributed by atoms with Crippen molar-refractivity contribution in [3.8, 4) is 6.07 Å². The van der Waals surface area contributed by atoms with Crippen molar-refractivity contribution in [3.63, 3.8) is 0 Å². The minimum Gasteiger partial charge on any atom is -0.478 e. The third-order valence-electron chi connectivity index (χ3n) is 2.18. The van der Waals surface area contributed by atoms with Gasteiger partial charge in [-0.05, 0) is 26.3 Å². The molecule has 128 valence electrons. The van der Waals surface area contributed by atoms with Gasteiger partial charge in [-0.1, -0.05) is 81.0 Å². The molecule has 0 aliphatic carbocycles. The van der Waals surface area contributed by atoms with E-state index in [1.807, 2.05) is 49.4 Å². The molecule has 3 heteroatoms. The van der Waals surface area contributed by atoms with Gasteiger partial charge in [0.05, 0.1) is 6.07 Å². The lowest BCUT2D eigenvalue weighted by Gasteiger charge is -1.85. The average molecular weight is 325 g/mol. The van der Waals surface area contributed by atoms with Crippen molar-refractivity contribution >= 4 is 12.0 Å². The molecule has 24 heavy (non-hydrogen) atoms. The summed E-state index contributed by atoms with van der Waals surface area (Å²) in [6, 6.07) is 12.0. The maximum absolute atomic E-state index is 9.60. The summed E-state index contributed by atoms with van der Waals surface area (Å²) in [6.07, 6.45) is 6.89. The van der Waals surface area contributed by atoms with E-state index in [9.17, 15) is 4.79 Å². The summed E-state index contributed by atoms with van der Waals surface area (Å²) >= 11 is 0. The number of hydrogen-bond donors (Lipinski definition) is 1. The molecular weight excluding hydrogens is 298 g/mol. The molecule has 0 saturated carbocycles. The number of hydrogen-bond acceptors (Lipinski definition) is 2. The van der Waals surface area contributed by atoms with E-state index in [0.717, 1.165) is 5.57 Å². The number of nitrogens with zero attached hydrogens (tertiary/aromatic N) is 1. The maximum atomic E-state index is 9.60. The Balaban J connectivity index is -0.000000253. The van der Waals surface area contributed by atoms with Crippen LogP contribution in [0, 0.1) is 11.3 Å². The molecule has 0 aromatic heterocycles. The number of aliphatic carboxylic acids is 1. The summed E-state index contributed by atoms with van der Waals surface area (Å²) in [5, 5.41) is 15.9. The molecule has 0 fully saturated rings. The van der Waals surface area contributed by atoms with Crippen LogP contribution in [0.1, 0.15) is 26.3 Å². The zero-order chi connectivity index (χ0) is 19.4. The van der Waals surface area contributed by atoms with Crippen LogP contribution in [0.2, 0.25) is 0 Å². The summed E-state index contributed by atoms with van der Waals surface area (Å²) < 4.78 is 0. The normalized spacial score (nSPS) is 8.17. The van der Waals surface area contributed by atoms with Crippen LogP contribution in [0.25, 0.3) is 6.08 Å². The Morgan fingerprint density at radius 2 is 1.54 bits per heavy atom. The van der Waals surface area contributed by atoms with Gasteiger partial charge < -0.3 is 5.11 Å². The number of carboxylic acids is 1. The summed E-state index contributed by atoms with van der Waals surface area (Å²) in [6.45, 7) is 18.6. The van der Waals surface area contributed by atoms with Gasteiger partial charge in [0.15, 0.2) is 0 Å². The highest BCUT2D eigenvalue weighted by molar-refractivity contribution is 5.84. The van der Waals surface area contributed by atoms with Gasteiger partial charge in [0.25, 0.3) is 0 Å². The maximum Gasteiger partial charge on any atom is 0.330 e. The molecule has 0 aliphatic heterocycles. The lowest BCUT2D eigenvalue weighted by Crippen LogP contribution is -1.92. The van der Waals surface area contributed by atoms with Crippen LogP contribution in [0.4, 0.5) is 0 Å². The van der Waals surface area contributed by atoms with Gasteiger partial charge in [-0.3, -0.25) is 0 Å². The molecule has 0 amide bonds. The Kier molecular flexibility index (Phi) is 21.4. The van der Waals surface area contributed by atoms with Crippen molar-refractivity contribution in [2.45, 2.75) is 20.8 Å². The van der Waals surface area contributed by atoms with Gasteiger partial charge in [-0.2, -0.15) is 5.26 Å². The second kappa shape index (κ2) is 19.9. The Morgan fingerprint density at radius 3 is 1.67 bits per heavy atom. The number of carbonyl (C=O) groups is 1. The molecule has 1 N–H and O–H groups in total. The molecule has 0 saturated heterocycles. The lowest BCUT2D eigenvalue weighted by atomic mass is 10.2. The predicted molar refractivity (Wildman–Crippen MR) is 104 cm³/mol. The minimum atomic E-state index is -0.935. The van der Waals surface area contributed by atoms with E-state index >= 15 is 0 Å². The van der Waals surface area contributed by atoms with Crippen LogP contribution in [-0.4, -0.2) is 11.1 Å². The number of allylic oxidation sites excluding steroid dienone is 4. The average Bonchev–Trinajstić information content (AvgIpc) is 2.62. The van der Waals surface area contributed by atoms with E-state index in [1.165, 1.54) is 12.5 Å². The zero-order valence-electron chi connectivity index (χ0n) is 14.8. The molecule has 1 aromatic carbocycles. The van der Waals surface area contributed by atoms with E-state index in [-0.39, 0.29) is 5.57 Å². The molecule has 1 aromatic rings. The molecule has 0 atom stereocenters. The van der Waals surface area contributed by atoms with Crippen LogP contribution in [-0.2, 0) is 4.79 Å². The molecular formula is C21H27NO2. The molecule has 0 aliphatic rings. The van der Waals surface area contributed by atoms with E-state index < -0.39 is 5.97 Å². The third-order valence-corrected chi connectivity index (χ3v) is 2.18. The summed E-state index contributed by atoms with van der Waals surface area (Å²) in [5.74, 6) is -0.935. The van der Waals surface area contributed by atoms with E-state index in [2.05, 4.69) is 26.3 Å². The first-order chi connectivity index (χ1) is 11.3. The third kappa shape index (κ3) is 23.9. The Hall–Kier alpha value is -3.12. The Morgan fingerprint density at radius 1 is 1.12 bits per heavy atom. The standard InChI is InChI=1S/C8H8.C5H7N.C4H6O2.C4H6/c1-2-8-6-4-3-5-7-8;1-3-5(2)4-6;1-3(2)4(5)6;1-3-4-2/h2-7H,1H2;3H,1-2H3;1H2,2H3,(H,5,6);3-4H,1-2H2/b;5-3-;;. The monoisotopic (exact) mass is 325 g/mol. The van der Waals surface area contributed by atoms with E-state index in [1.54, 1.807) is 25.2 Å². The van der Waals surface area contributed by atoms with Gasteiger partial charge in [0, 0.05) is 11.1 Å². The fourth-order valence-corrected chi connectivity index (χ4v) is 0.654. The van der Waals surface area contributed by atoms with Crippen molar-refractivity contribution in [2.24, 2.45) is 0 Å². The van der Waals surface area contributed by atoms with Crippen molar-refractivity contribution in [1.29, 1.82) is 5.26 Å². The Labute approximate surface area is 146 Å². The number of carboxylic acid groups (broad SMARTS) is 1. The van der Waals surface area contributed by atoms with Crippen molar-refractivity contribution in [3.05, 3.63) is 91.6 Å². The highest BCUT2D eigenvalue weighted by Gasteiger charge is 1.90. The first kappa shape index (κ1) is 25.8. The largest absolute Gasteiger partial charge is 0.478 e. The van der Waals surface area contributed by atoms with Gasteiger partial charge in [0.2, 0.25) is 0 Å². The fourth-order valence-electron chi connectivity index (χ4n) is 0.654. The van der Waals surface area contributed by atoms with E-state index in [0.29, 0.717) is 0 Å². The van der Waals surface area contributed by atoms with E-state index in [4.69, 9.17) is 10.4 Å². The minimum absolute atomic E-state index is 0.176. The van der Waals surface area contributed by atoms with Gasteiger partial charge in [-0.25, -0.2) is 4.79 Å². The molecule has 1 rings (SSSR count). The smallest absolute Gasteiger partial charge is 0.330 e. The lowest BCUT2D eigenvalue weighted by molar-refractivity contribution is -0.132. The summed E-state index contributed by atoms with van der Waals surface area (Å²) in [7, 11) is 0. The number of rotatable bonds is 3. The van der Waals surface area contributed by atoms with Gasteiger partial charge in [-0.15, -0.1) is 0 Å². The first-order valence-electron chi connectivity index (χ1n) is 7.13. The fraction of sp³-hybridized carbons (Fsp3) is 0.143. The molecule has 0 heterocycles. The van der Waals surface area contributed by atoms with Gasteiger partial charge in [0.1, 0.15) is 0 Å². The van der Waals surface area contributed by atoms with Crippen molar-refractivity contribution in [1.82, 2.24) is 0 Å². The zero-order valence-corrected chi connectivity index (χ0v) is 14.8. The first-order valence-corrected chi connectivity index (χ1v) is 7.13. The Bertz CT molecular complexity index is 558. The van der Waals surface area contributed by atoms with Crippen LogP contribution < -0.4 is 0 Å². The van der Waals surface area contributed by atoms with Crippen LogP contribution in [0.15, 0.2) is 86.0 Å². The van der Waals surface area contributed by atoms with Crippen molar-refractivity contribution < 1.29 is 9.90 Å². The summed E-state index contributed by atoms with van der Waals surface area (Å²) in [4.78, 5) is 9.60. The molecule has 0 spiro atoms. The number of nitriles is 1. The highest BCUT2D eigenvalue weighted by Crippen LogP contribution is 1.97. The predicted octanol–water partition coefficient (Wildman–Crippen LogP) is 5.81. The highest BCUT2D eigenvalue weighted by atomic mass is 16.4. The van der Waals surface area contributed by atoms with Crippen LogP contribution in [0.3, 0.4) is 0 Å². The quantitative estimate of drug-likeness (QED) is 0.433. The van der Waals surface area contributed by atoms with Crippen LogP contribution >= 0.6 is 0 Å². The summed E-state index contributed by atoms with van der Waals surface area (Å²) in [5.41, 5.74) is 2.12. The molecule has 0 radical (unpaired) electrons. The molecule has 3 nitrogen and oxygen atoms in total. The SMILES string of the molecule is C/C=C(/C)C#N.C=C(C)C(=O)O.C=CC=C.C=Cc1ccccc1. The van der Waals surface area contributed by atoms with Crippen molar-refractivity contribution in [2.75, 3.05) is 0 Å².